The number of benzene rings is 1. The van der Waals surface area contributed by atoms with E-state index < -0.39 is 0 Å². The van der Waals surface area contributed by atoms with Crippen molar-refractivity contribution in [2.45, 2.75) is 24.2 Å². The quantitative estimate of drug-likeness (QED) is 0.760. The molecular weight excluding hydrogens is 360 g/mol. The summed E-state index contributed by atoms with van der Waals surface area (Å²) in [7, 11) is 3.82. The Bertz CT molecular complexity index is 792. The second kappa shape index (κ2) is 8.94. The lowest BCUT2D eigenvalue weighted by molar-refractivity contribution is 0.262. The number of nitrogens with one attached hydrogen (secondary N) is 2. The number of thioether (sulfide) groups is 1. The van der Waals surface area contributed by atoms with Crippen molar-refractivity contribution in [1.82, 2.24) is 9.97 Å². The minimum Gasteiger partial charge on any atom is -0.361 e. The molecule has 0 saturated carbocycles. The van der Waals surface area contributed by atoms with Gasteiger partial charge in [-0.25, -0.2) is 9.78 Å². The van der Waals surface area contributed by atoms with Crippen LogP contribution in [-0.2, 0) is 0 Å². The number of amides is 2. The van der Waals surface area contributed by atoms with Gasteiger partial charge >= 0.3 is 6.03 Å². The molecule has 1 saturated heterocycles. The number of rotatable bonds is 5. The number of anilines is 4. The predicted molar refractivity (Wildman–Crippen MR) is 113 cm³/mol. The second-order valence-corrected chi connectivity index (χ2v) is 7.54. The molecule has 0 aliphatic carbocycles. The molecular formula is C19H26N6OS. The summed E-state index contributed by atoms with van der Waals surface area (Å²) in [5.74, 6) is 1.41. The number of hydrogen-bond acceptors (Lipinski definition) is 6. The number of carbonyl (C=O) groups excluding carboxylic acids is 1. The Morgan fingerprint density at radius 1 is 1.19 bits per heavy atom. The largest absolute Gasteiger partial charge is 0.361 e. The Labute approximate surface area is 164 Å². The lowest BCUT2D eigenvalue weighted by Gasteiger charge is -2.28. The first-order valence-electron chi connectivity index (χ1n) is 9.08. The van der Waals surface area contributed by atoms with Gasteiger partial charge in [-0.1, -0.05) is 6.07 Å². The topological polar surface area (TPSA) is 73.4 Å². The van der Waals surface area contributed by atoms with Crippen molar-refractivity contribution in [3.63, 3.8) is 0 Å². The van der Waals surface area contributed by atoms with Gasteiger partial charge < -0.3 is 20.4 Å². The van der Waals surface area contributed by atoms with Crippen LogP contribution in [0.25, 0.3) is 0 Å². The first-order valence-corrected chi connectivity index (χ1v) is 10.3. The van der Waals surface area contributed by atoms with Crippen molar-refractivity contribution in [2.75, 3.05) is 53.9 Å². The summed E-state index contributed by atoms with van der Waals surface area (Å²) < 4.78 is 0. The number of hydrogen-bond donors (Lipinski definition) is 2. The molecule has 1 fully saturated rings. The molecule has 0 radical (unpaired) electrons. The van der Waals surface area contributed by atoms with Crippen LogP contribution in [0.5, 0.6) is 0 Å². The maximum atomic E-state index is 12.4. The normalized spacial score (nSPS) is 14.0. The number of piperidine rings is 1. The third kappa shape index (κ3) is 5.03. The smallest absolute Gasteiger partial charge is 0.323 e. The van der Waals surface area contributed by atoms with Crippen LogP contribution in [0.2, 0.25) is 0 Å². The molecule has 27 heavy (non-hydrogen) atoms. The first-order chi connectivity index (χ1) is 13.1. The molecule has 2 N–H and O–H groups in total. The van der Waals surface area contributed by atoms with Crippen molar-refractivity contribution >= 4 is 40.9 Å². The van der Waals surface area contributed by atoms with Gasteiger partial charge in [0.25, 0.3) is 0 Å². The molecule has 8 heteroatoms. The van der Waals surface area contributed by atoms with Crippen LogP contribution in [0.15, 0.2) is 35.4 Å². The molecule has 0 unspecified atom stereocenters. The van der Waals surface area contributed by atoms with Crippen molar-refractivity contribution in [1.29, 1.82) is 0 Å². The SMILES string of the molecule is CSc1cccc(NC(=O)Nc2cnc(N3CCCCC3)nc2N(C)C)c1. The number of aromatic nitrogens is 2. The Morgan fingerprint density at radius 2 is 1.96 bits per heavy atom. The van der Waals surface area contributed by atoms with Gasteiger partial charge in [-0.2, -0.15) is 4.98 Å². The zero-order chi connectivity index (χ0) is 19.2. The van der Waals surface area contributed by atoms with Crippen molar-refractivity contribution < 1.29 is 4.79 Å². The van der Waals surface area contributed by atoms with E-state index in [-0.39, 0.29) is 6.03 Å². The van der Waals surface area contributed by atoms with Gasteiger partial charge in [-0.05, 0) is 43.7 Å². The molecule has 2 amide bonds. The molecule has 3 rings (SSSR count). The van der Waals surface area contributed by atoms with Crippen LogP contribution in [-0.4, -0.2) is 49.4 Å². The summed E-state index contributed by atoms with van der Waals surface area (Å²) >= 11 is 1.63. The summed E-state index contributed by atoms with van der Waals surface area (Å²) in [6.07, 6.45) is 7.28. The lowest BCUT2D eigenvalue weighted by atomic mass is 10.1. The number of carbonyl (C=O) groups is 1. The van der Waals surface area contributed by atoms with Crippen molar-refractivity contribution in [3.8, 4) is 0 Å². The molecule has 2 heterocycles. The standard InChI is InChI=1S/C19H26N6OS/c1-24(2)17-16(13-20-18(23-17)25-10-5-4-6-11-25)22-19(26)21-14-8-7-9-15(12-14)27-3/h7-9,12-13H,4-6,10-11H2,1-3H3,(H2,21,22,26). The van der Waals surface area contributed by atoms with E-state index >= 15 is 0 Å². The molecule has 144 valence electrons. The van der Waals surface area contributed by atoms with Gasteiger partial charge in [0, 0.05) is 37.8 Å². The van der Waals surface area contributed by atoms with E-state index in [1.807, 2.05) is 49.5 Å². The van der Waals surface area contributed by atoms with E-state index in [0.717, 1.165) is 42.5 Å². The fraction of sp³-hybridized carbons (Fsp3) is 0.421. The highest BCUT2D eigenvalue weighted by molar-refractivity contribution is 7.98. The number of nitrogens with zero attached hydrogens (tertiary/aromatic N) is 4. The minimum absolute atomic E-state index is 0.314. The summed E-state index contributed by atoms with van der Waals surface area (Å²) in [5, 5.41) is 5.73. The van der Waals surface area contributed by atoms with E-state index in [1.165, 1.54) is 6.42 Å². The molecule has 1 aromatic carbocycles. The zero-order valence-corrected chi connectivity index (χ0v) is 16.8. The van der Waals surface area contributed by atoms with Gasteiger partial charge in [0.1, 0.15) is 5.69 Å². The molecule has 0 bridgehead atoms. The molecule has 2 aromatic rings. The van der Waals surface area contributed by atoms with Gasteiger partial charge in [0.2, 0.25) is 5.95 Å². The highest BCUT2D eigenvalue weighted by atomic mass is 32.2. The van der Waals surface area contributed by atoms with Crippen molar-refractivity contribution in [3.05, 3.63) is 30.5 Å². The van der Waals surface area contributed by atoms with Crippen LogP contribution in [0.1, 0.15) is 19.3 Å². The monoisotopic (exact) mass is 386 g/mol. The molecule has 0 atom stereocenters. The number of urea groups is 1. The fourth-order valence-corrected chi connectivity index (χ4v) is 3.48. The Kier molecular flexibility index (Phi) is 6.39. The second-order valence-electron chi connectivity index (χ2n) is 6.66. The van der Waals surface area contributed by atoms with Crippen LogP contribution in [0.3, 0.4) is 0 Å². The average molecular weight is 387 g/mol. The lowest BCUT2D eigenvalue weighted by Crippen LogP contribution is -2.31. The summed E-state index contributed by atoms with van der Waals surface area (Å²) in [6.45, 7) is 1.96. The highest BCUT2D eigenvalue weighted by Gasteiger charge is 2.17. The Morgan fingerprint density at radius 3 is 2.67 bits per heavy atom. The zero-order valence-electron chi connectivity index (χ0n) is 16.0. The molecule has 7 nitrogen and oxygen atoms in total. The maximum absolute atomic E-state index is 12.4. The Balaban J connectivity index is 1.73. The Hall–Kier alpha value is -2.48. The third-order valence-electron chi connectivity index (χ3n) is 4.39. The summed E-state index contributed by atoms with van der Waals surface area (Å²) in [5.41, 5.74) is 1.33. The molecule has 1 aliphatic heterocycles. The van der Waals surface area contributed by atoms with Gasteiger partial charge in [-0.15, -0.1) is 11.8 Å². The van der Waals surface area contributed by atoms with Crippen LogP contribution in [0.4, 0.5) is 27.9 Å². The fourth-order valence-electron chi connectivity index (χ4n) is 3.02. The van der Waals surface area contributed by atoms with Gasteiger partial charge in [0.05, 0.1) is 6.20 Å². The van der Waals surface area contributed by atoms with Gasteiger partial charge in [-0.3, -0.25) is 0 Å². The highest BCUT2D eigenvalue weighted by Crippen LogP contribution is 2.25. The summed E-state index contributed by atoms with van der Waals surface area (Å²) in [4.78, 5) is 26.8. The van der Waals surface area contributed by atoms with Crippen LogP contribution >= 0.6 is 11.8 Å². The van der Waals surface area contributed by atoms with E-state index in [0.29, 0.717) is 11.5 Å². The van der Waals surface area contributed by atoms with E-state index in [4.69, 9.17) is 0 Å². The van der Waals surface area contributed by atoms with Crippen LogP contribution in [0, 0.1) is 0 Å². The minimum atomic E-state index is -0.314. The maximum Gasteiger partial charge on any atom is 0.323 e. The van der Waals surface area contributed by atoms with E-state index in [9.17, 15) is 4.79 Å². The van der Waals surface area contributed by atoms with Crippen molar-refractivity contribution in [2.24, 2.45) is 0 Å². The molecule has 1 aliphatic rings. The third-order valence-corrected chi connectivity index (χ3v) is 5.12. The van der Waals surface area contributed by atoms with Crippen LogP contribution < -0.4 is 20.4 Å². The molecule has 0 spiro atoms. The molecule has 1 aromatic heterocycles. The summed E-state index contributed by atoms with van der Waals surface area (Å²) in [6, 6.07) is 7.41. The van der Waals surface area contributed by atoms with Gasteiger partial charge in [0.15, 0.2) is 5.82 Å². The van der Waals surface area contributed by atoms with E-state index in [2.05, 4.69) is 25.5 Å². The van der Waals surface area contributed by atoms with E-state index in [1.54, 1.807) is 18.0 Å². The average Bonchev–Trinajstić information content (AvgIpc) is 2.69. The predicted octanol–water partition coefficient (Wildman–Crippen LogP) is 3.90. The first kappa shape index (κ1) is 19.3.